The van der Waals surface area contributed by atoms with Gasteiger partial charge in [-0.3, -0.25) is 0 Å². The van der Waals surface area contributed by atoms with E-state index in [-0.39, 0.29) is 0 Å². The summed E-state index contributed by atoms with van der Waals surface area (Å²) in [5, 5.41) is 0.545. The maximum absolute atomic E-state index is 5.85. The second kappa shape index (κ2) is 5.11. The minimum Gasteiger partial charge on any atom is -0.301 e. The molecule has 4 heteroatoms. The monoisotopic (exact) mass is 239 g/mol. The fourth-order valence-electron chi connectivity index (χ4n) is 2.28. The Labute approximate surface area is 102 Å². The Kier molecular flexibility index (Phi) is 3.77. The van der Waals surface area contributed by atoms with Gasteiger partial charge in [-0.2, -0.15) is 0 Å². The quantitative estimate of drug-likeness (QED) is 0.759. The fourth-order valence-corrected chi connectivity index (χ4v) is 2.45. The summed E-state index contributed by atoms with van der Waals surface area (Å²) >= 11 is 5.85. The normalized spacial score (nSPS) is 21.9. The molecule has 0 saturated carbocycles. The van der Waals surface area contributed by atoms with Gasteiger partial charge in [0.05, 0.1) is 0 Å². The van der Waals surface area contributed by atoms with Gasteiger partial charge < -0.3 is 4.90 Å². The van der Waals surface area contributed by atoms with Crippen LogP contribution in [0.1, 0.15) is 26.0 Å². The zero-order valence-corrected chi connectivity index (χ0v) is 10.6. The van der Waals surface area contributed by atoms with Gasteiger partial charge in [0.25, 0.3) is 0 Å². The highest BCUT2D eigenvalue weighted by molar-refractivity contribution is 6.29. The topological polar surface area (TPSA) is 29.0 Å². The van der Waals surface area contributed by atoms with Gasteiger partial charge in [0.1, 0.15) is 11.5 Å². The van der Waals surface area contributed by atoms with Gasteiger partial charge >= 0.3 is 0 Å². The number of rotatable bonds is 3. The molecule has 3 nitrogen and oxygen atoms in total. The highest BCUT2D eigenvalue weighted by Gasteiger charge is 2.24. The summed E-state index contributed by atoms with van der Waals surface area (Å²) in [5.74, 6) is 0.716. The SMILES string of the molecule is CC(C)N1CCC(Cc2cc(Cl)ncn2)C1. The summed E-state index contributed by atoms with van der Waals surface area (Å²) in [6, 6.07) is 2.53. The van der Waals surface area contributed by atoms with Crippen LogP contribution in [0.4, 0.5) is 0 Å². The van der Waals surface area contributed by atoms with Gasteiger partial charge in [0.15, 0.2) is 0 Å². The van der Waals surface area contributed by atoms with Crippen molar-refractivity contribution in [2.75, 3.05) is 13.1 Å². The molecule has 1 aromatic heterocycles. The van der Waals surface area contributed by atoms with Gasteiger partial charge in [-0.25, -0.2) is 9.97 Å². The summed E-state index contributed by atoms with van der Waals surface area (Å²) < 4.78 is 0. The summed E-state index contributed by atoms with van der Waals surface area (Å²) in [4.78, 5) is 10.7. The van der Waals surface area contributed by atoms with Gasteiger partial charge in [-0.15, -0.1) is 0 Å². The summed E-state index contributed by atoms with van der Waals surface area (Å²) in [7, 11) is 0. The van der Waals surface area contributed by atoms with Crippen molar-refractivity contribution in [2.24, 2.45) is 5.92 Å². The lowest BCUT2D eigenvalue weighted by atomic mass is 10.0. The van der Waals surface area contributed by atoms with E-state index < -0.39 is 0 Å². The summed E-state index contributed by atoms with van der Waals surface area (Å²) in [6.45, 7) is 6.90. The van der Waals surface area contributed by atoms with E-state index in [0.29, 0.717) is 17.1 Å². The van der Waals surface area contributed by atoms with Crippen LogP contribution in [0.25, 0.3) is 0 Å². The van der Waals surface area contributed by atoms with E-state index in [1.165, 1.54) is 19.5 Å². The molecule has 1 atom stereocenters. The fraction of sp³-hybridized carbons (Fsp3) is 0.667. The predicted octanol–water partition coefficient (Wildman–Crippen LogP) is 2.40. The number of nitrogens with zero attached hydrogens (tertiary/aromatic N) is 3. The Balaban J connectivity index is 1.92. The predicted molar refractivity (Wildman–Crippen MR) is 65.6 cm³/mol. The second-order valence-electron chi connectivity index (χ2n) is 4.78. The highest BCUT2D eigenvalue weighted by atomic mass is 35.5. The Hall–Kier alpha value is -0.670. The van der Waals surface area contributed by atoms with Crippen molar-refractivity contribution >= 4 is 11.6 Å². The van der Waals surface area contributed by atoms with Crippen molar-refractivity contribution in [2.45, 2.75) is 32.7 Å². The van der Waals surface area contributed by atoms with E-state index in [9.17, 15) is 0 Å². The summed E-state index contributed by atoms with van der Waals surface area (Å²) in [6.07, 6.45) is 3.83. The molecule has 16 heavy (non-hydrogen) atoms. The third-order valence-corrected chi connectivity index (χ3v) is 3.44. The third kappa shape index (κ3) is 2.92. The van der Waals surface area contributed by atoms with Gasteiger partial charge in [0, 0.05) is 18.3 Å². The molecule has 1 aromatic rings. The first-order valence-corrected chi connectivity index (χ1v) is 6.23. The molecule has 0 N–H and O–H groups in total. The number of halogens is 1. The molecule has 0 spiro atoms. The molecular weight excluding hydrogens is 222 g/mol. The second-order valence-corrected chi connectivity index (χ2v) is 5.17. The molecule has 88 valence electrons. The average Bonchev–Trinajstić information content (AvgIpc) is 2.66. The highest BCUT2D eigenvalue weighted by Crippen LogP contribution is 2.22. The lowest BCUT2D eigenvalue weighted by Crippen LogP contribution is -2.28. The van der Waals surface area contributed by atoms with Gasteiger partial charge in [-0.1, -0.05) is 11.6 Å². The largest absolute Gasteiger partial charge is 0.301 e. The first-order valence-electron chi connectivity index (χ1n) is 5.85. The van der Waals surface area contributed by atoms with Crippen LogP contribution in [0.2, 0.25) is 5.15 Å². The van der Waals surface area contributed by atoms with Crippen LogP contribution in [0.3, 0.4) is 0 Å². The molecule has 2 heterocycles. The smallest absolute Gasteiger partial charge is 0.132 e. The maximum Gasteiger partial charge on any atom is 0.132 e. The molecule has 0 amide bonds. The summed E-state index contributed by atoms with van der Waals surface area (Å²) in [5.41, 5.74) is 1.07. The molecule has 1 saturated heterocycles. The lowest BCUT2D eigenvalue weighted by Gasteiger charge is -2.20. The van der Waals surface area contributed by atoms with Crippen molar-refractivity contribution in [3.05, 3.63) is 23.2 Å². The van der Waals surface area contributed by atoms with E-state index in [4.69, 9.17) is 11.6 Å². The Morgan fingerprint density at radius 2 is 2.31 bits per heavy atom. The molecule has 2 rings (SSSR count). The van der Waals surface area contributed by atoms with E-state index >= 15 is 0 Å². The minimum absolute atomic E-state index is 0.545. The molecule has 0 aromatic carbocycles. The van der Waals surface area contributed by atoms with Crippen molar-refractivity contribution in [3.8, 4) is 0 Å². The number of aromatic nitrogens is 2. The van der Waals surface area contributed by atoms with E-state index in [1.54, 1.807) is 6.33 Å². The van der Waals surface area contributed by atoms with Crippen molar-refractivity contribution in [1.82, 2.24) is 14.9 Å². The molecule has 1 aliphatic rings. The van der Waals surface area contributed by atoms with Crippen LogP contribution < -0.4 is 0 Å². The molecule has 0 aliphatic carbocycles. The first kappa shape index (κ1) is 11.8. The van der Waals surface area contributed by atoms with E-state index in [1.807, 2.05) is 6.07 Å². The van der Waals surface area contributed by atoms with Crippen LogP contribution in [0, 0.1) is 5.92 Å². The van der Waals surface area contributed by atoms with Crippen LogP contribution in [0.5, 0.6) is 0 Å². The molecule has 1 unspecified atom stereocenters. The van der Waals surface area contributed by atoms with Crippen molar-refractivity contribution < 1.29 is 0 Å². The standard InChI is InChI=1S/C12H18ClN3/c1-9(2)16-4-3-10(7-16)5-11-6-12(13)15-8-14-11/h6,8-10H,3-5,7H2,1-2H3. The zero-order chi connectivity index (χ0) is 11.5. The Morgan fingerprint density at radius 3 is 2.94 bits per heavy atom. The molecule has 0 bridgehead atoms. The molecule has 1 fully saturated rings. The number of hydrogen-bond acceptors (Lipinski definition) is 3. The van der Waals surface area contributed by atoms with E-state index in [0.717, 1.165) is 12.1 Å². The van der Waals surface area contributed by atoms with Crippen LogP contribution >= 0.6 is 11.6 Å². The number of hydrogen-bond donors (Lipinski definition) is 0. The Bertz CT molecular complexity index is 354. The van der Waals surface area contributed by atoms with Gasteiger partial charge in [-0.05, 0) is 45.2 Å². The van der Waals surface area contributed by atoms with E-state index in [2.05, 4.69) is 28.7 Å². The zero-order valence-electron chi connectivity index (χ0n) is 9.86. The maximum atomic E-state index is 5.85. The van der Waals surface area contributed by atoms with Crippen LogP contribution in [0.15, 0.2) is 12.4 Å². The van der Waals surface area contributed by atoms with Crippen molar-refractivity contribution in [3.63, 3.8) is 0 Å². The Morgan fingerprint density at radius 1 is 1.50 bits per heavy atom. The van der Waals surface area contributed by atoms with Crippen molar-refractivity contribution in [1.29, 1.82) is 0 Å². The van der Waals surface area contributed by atoms with Crippen LogP contribution in [-0.2, 0) is 6.42 Å². The van der Waals surface area contributed by atoms with Gasteiger partial charge in [0.2, 0.25) is 0 Å². The lowest BCUT2D eigenvalue weighted by molar-refractivity contribution is 0.264. The third-order valence-electron chi connectivity index (χ3n) is 3.24. The molecular formula is C12H18ClN3. The average molecular weight is 240 g/mol. The molecule has 1 aliphatic heterocycles. The molecule has 0 radical (unpaired) electrons. The first-order chi connectivity index (χ1) is 7.65. The minimum atomic E-state index is 0.545. The van der Waals surface area contributed by atoms with Crippen LogP contribution in [-0.4, -0.2) is 34.0 Å². The number of likely N-dealkylation sites (tertiary alicyclic amines) is 1.